The number of rotatable bonds is 7. The van der Waals surface area contributed by atoms with Crippen LogP contribution >= 0.6 is 0 Å². The van der Waals surface area contributed by atoms with Crippen LogP contribution in [-0.2, 0) is 0 Å². The van der Waals surface area contributed by atoms with Crippen molar-refractivity contribution in [3.63, 3.8) is 0 Å². The van der Waals surface area contributed by atoms with Gasteiger partial charge in [-0.2, -0.15) is 0 Å². The molecule has 0 saturated heterocycles. The summed E-state index contributed by atoms with van der Waals surface area (Å²) < 4.78 is 5.50. The average molecular weight is 365 g/mol. The van der Waals surface area contributed by atoms with Gasteiger partial charge in [-0.15, -0.1) is 0 Å². The highest BCUT2D eigenvalue weighted by atomic mass is 16.5. The van der Waals surface area contributed by atoms with Crippen LogP contribution in [0, 0.1) is 0 Å². The van der Waals surface area contributed by atoms with Crippen molar-refractivity contribution >= 4 is 29.2 Å². The van der Waals surface area contributed by atoms with Gasteiger partial charge in [0, 0.05) is 39.5 Å². The van der Waals surface area contributed by atoms with Crippen LogP contribution in [0.15, 0.2) is 22.1 Å². The van der Waals surface area contributed by atoms with Crippen molar-refractivity contribution < 1.29 is 4.74 Å². The third-order valence-corrected chi connectivity index (χ3v) is 3.50. The number of nitrogen functional groups attached to an aromatic ring is 1. The molecule has 0 saturated carbocycles. The average Bonchev–Trinajstić information content (AvgIpc) is 2.64. The molecule has 1 rings (SSSR count). The fourth-order valence-electron chi connectivity index (χ4n) is 2.10. The van der Waals surface area contributed by atoms with E-state index in [2.05, 4.69) is 25.1 Å². The van der Waals surface area contributed by atoms with Gasteiger partial charge in [-0.3, -0.25) is 4.99 Å². The largest absolute Gasteiger partial charge is 0.494 e. The summed E-state index contributed by atoms with van der Waals surface area (Å²) in [6.07, 6.45) is 2.64. The predicted molar refractivity (Wildman–Crippen MR) is 116 cm³/mol. The van der Waals surface area contributed by atoms with E-state index in [9.17, 15) is 0 Å². The maximum absolute atomic E-state index is 6.24. The third kappa shape index (κ3) is 7.74. The number of nitrogens with one attached hydrogen (secondary N) is 1. The first-order valence-corrected chi connectivity index (χ1v) is 9.02. The zero-order valence-electron chi connectivity index (χ0n) is 17.6. The second kappa shape index (κ2) is 13.0. The topological polar surface area (TPSA) is 78.5 Å². The smallest absolute Gasteiger partial charge is 0.221 e. The molecule has 0 aliphatic heterocycles. The molecule has 3 N–H and O–H groups in total. The molecule has 0 heterocycles. The minimum Gasteiger partial charge on any atom is -0.494 e. The Morgan fingerprint density at radius 3 is 2.38 bits per heavy atom. The van der Waals surface area contributed by atoms with Gasteiger partial charge in [0.05, 0.1) is 24.2 Å². The lowest BCUT2D eigenvalue weighted by Crippen LogP contribution is -2.29. The molecule has 0 unspecified atom stereocenters. The van der Waals surface area contributed by atoms with Gasteiger partial charge in [0.25, 0.3) is 0 Å². The molecule has 0 bridgehead atoms. The lowest BCUT2D eigenvalue weighted by Gasteiger charge is -2.24. The van der Waals surface area contributed by atoms with E-state index in [4.69, 9.17) is 10.5 Å². The van der Waals surface area contributed by atoms with Crippen LogP contribution in [0.3, 0.4) is 0 Å². The summed E-state index contributed by atoms with van der Waals surface area (Å²) in [4.78, 5) is 12.6. The molecule has 0 spiro atoms. The van der Waals surface area contributed by atoms with Crippen LogP contribution in [-0.4, -0.2) is 65.5 Å². The summed E-state index contributed by atoms with van der Waals surface area (Å²) in [6.45, 7) is 7.83. The second-order valence-corrected chi connectivity index (χ2v) is 5.73. The Hall–Kier alpha value is -2.28. The highest BCUT2D eigenvalue weighted by Crippen LogP contribution is 2.35. The van der Waals surface area contributed by atoms with E-state index in [0.29, 0.717) is 17.4 Å². The number of hydrogen-bond acceptors (Lipinski definition) is 5. The predicted octanol–water partition coefficient (Wildman–Crippen LogP) is 3.18. The number of methoxy groups -OCH3 is 1. The molecule has 1 aromatic rings. The second-order valence-electron chi connectivity index (χ2n) is 5.73. The molecule has 0 aromatic heterocycles. The maximum atomic E-state index is 6.24. The van der Waals surface area contributed by atoms with Gasteiger partial charge in [0.1, 0.15) is 5.75 Å². The summed E-state index contributed by atoms with van der Waals surface area (Å²) in [5.74, 6) is 1.21. The van der Waals surface area contributed by atoms with E-state index >= 15 is 0 Å². The normalized spacial score (nSPS) is 11.3. The van der Waals surface area contributed by atoms with Crippen molar-refractivity contribution in [1.29, 1.82) is 0 Å². The Morgan fingerprint density at radius 2 is 1.88 bits per heavy atom. The minimum atomic E-state index is 0.517. The van der Waals surface area contributed by atoms with Crippen LogP contribution in [0.2, 0.25) is 0 Å². The van der Waals surface area contributed by atoms with E-state index in [0.717, 1.165) is 30.9 Å². The van der Waals surface area contributed by atoms with Gasteiger partial charge in [0.15, 0.2) is 0 Å². The monoisotopic (exact) mass is 364 g/mol. The summed E-state index contributed by atoms with van der Waals surface area (Å²) >= 11 is 0. The summed E-state index contributed by atoms with van der Waals surface area (Å²) in [6, 6.07) is 3.79. The van der Waals surface area contributed by atoms with Crippen molar-refractivity contribution in [2.45, 2.75) is 27.2 Å². The molecule has 7 nitrogen and oxygen atoms in total. The first kappa shape index (κ1) is 23.7. The van der Waals surface area contributed by atoms with Gasteiger partial charge in [-0.1, -0.05) is 20.8 Å². The number of likely N-dealkylation sites (N-methyl/N-ethyl adjacent to an activating group) is 2. The van der Waals surface area contributed by atoms with Gasteiger partial charge < -0.3 is 25.6 Å². The van der Waals surface area contributed by atoms with E-state index in [-0.39, 0.29) is 0 Å². The fourth-order valence-corrected chi connectivity index (χ4v) is 2.10. The van der Waals surface area contributed by atoms with Crippen LogP contribution < -0.4 is 20.7 Å². The number of ether oxygens (including phenoxy) is 1. The molecule has 7 heteroatoms. The third-order valence-electron chi connectivity index (χ3n) is 3.50. The zero-order chi connectivity index (χ0) is 20.1. The zero-order valence-corrected chi connectivity index (χ0v) is 17.6. The van der Waals surface area contributed by atoms with Gasteiger partial charge in [-0.05, 0) is 26.6 Å². The maximum Gasteiger partial charge on any atom is 0.221 e. The van der Waals surface area contributed by atoms with E-state index < -0.39 is 0 Å². The highest BCUT2D eigenvalue weighted by molar-refractivity contribution is 6.00. The molecule has 1 aromatic carbocycles. The van der Waals surface area contributed by atoms with Gasteiger partial charge in [-0.25, -0.2) is 4.99 Å². The highest BCUT2D eigenvalue weighted by Gasteiger charge is 2.13. The first-order chi connectivity index (χ1) is 12.4. The Kier molecular flexibility index (Phi) is 11.9. The molecule has 148 valence electrons. The van der Waals surface area contributed by atoms with Gasteiger partial charge >= 0.3 is 0 Å². The molecule has 0 atom stereocenters. The van der Waals surface area contributed by atoms with E-state index in [1.54, 1.807) is 20.4 Å². The van der Waals surface area contributed by atoms with Crippen LogP contribution in [0.4, 0.5) is 17.1 Å². The standard InChI is InChI=1S/C17H30N6O.C2H6/c1-7-8-20-17(19-2)21-14-11-13(18)15(12-16(14)24-6)23(5)10-9-22(3)4;1-2/h8,11-12H,7,9-10,18H2,1-6H3,(H,19,21);1-2H3/b20-8-;. The van der Waals surface area contributed by atoms with Crippen LogP contribution in [0.1, 0.15) is 27.2 Å². The lowest BCUT2D eigenvalue weighted by atomic mass is 10.2. The molecule has 0 aliphatic rings. The number of benzene rings is 1. The summed E-state index contributed by atoms with van der Waals surface area (Å²) in [7, 11) is 9.44. The molecule has 26 heavy (non-hydrogen) atoms. The fraction of sp³-hybridized carbons (Fsp3) is 0.579. The summed E-state index contributed by atoms with van der Waals surface area (Å²) in [5.41, 5.74) is 8.60. The number of hydrogen-bond donors (Lipinski definition) is 2. The van der Waals surface area contributed by atoms with Crippen molar-refractivity contribution in [2.24, 2.45) is 9.98 Å². The number of nitrogens with two attached hydrogens (primary N) is 1. The Morgan fingerprint density at radius 1 is 1.23 bits per heavy atom. The Balaban J connectivity index is 0.00000301. The van der Waals surface area contributed by atoms with Crippen molar-refractivity contribution in [2.75, 3.05) is 64.3 Å². The number of guanidine groups is 1. The number of anilines is 3. The molecule has 0 fully saturated rings. The van der Waals surface area contributed by atoms with Crippen molar-refractivity contribution in [3.05, 3.63) is 12.1 Å². The summed E-state index contributed by atoms with van der Waals surface area (Å²) in [5, 5.41) is 3.16. The first-order valence-electron chi connectivity index (χ1n) is 9.02. The van der Waals surface area contributed by atoms with Crippen molar-refractivity contribution in [1.82, 2.24) is 4.90 Å². The number of aliphatic imine (C=N–C) groups is 2. The Bertz CT molecular complexity index is 584. The van der Waals surface area contributed by atoms with Crippen LogP contribution in [0.5, 0.6) is 5.75 Å². The molecular formula is C19H36N6O. The minimum absolute atomic E-state index is 0.517. The molecular weight excluding hydrogens is 328 g/mol. The molecule has 0 aliphatic carbocycles. The Labute approximate surface area is 158 Å². The number of nitrogens with zero attached hydrogens (tertiary/aromatic N) is 4. The SMILES string of the molecule is CC.CC/C=N\C(=NC)Nc1cc(N)c(N(C)CCN(C)C)cc1OC. The molecule has 0 amide bonds. The van der Waals surface area contributed by atoms with E-state index in [1.165, 1.54) is 0 Å². The quantitative estimate of drug-likeness (QED) is 0.441. The van der Waals surface area contributed by atoms with Gasteiger partial charge in [0.2, 0.25) is 5.96 Å². The lowest BCUT2D eigenvalue weighted by molar-refractivity contribution is 0.413. The van der Waals surface area contributed by atoms with Crippen LogP contribution in [0.25, 0.3) is 0 Å². The van der Waals surface area contributed by atoms with E-state index in [1.807, 2.05) is 54.0 Å². The van der Waals surface area contributed by atoms with Crippen molar-refractivity contribution in [3.8, 4) is 5.75 Å². The molecule has 0 radical (unpaired) electrons.